The van der Waals surface area contributed by atoms with Crippen molar-refractivity contribution in [3.8, 4) is 11.8 Å². The molecule has 0 aliphatic rings. The molecule has 0 fully saturated rings. The van der Waals surface area contributed by atoms with Crippen LogP contribution in [0, 0.1) is 11.3 Å². The average Bonchev–Trinajstić information content (AvgIpc) is 2.96. The Balaban J connectivity index is 1.88. The first-order valence-electron chi connectivity index (χ1n) is 6.27. The molecule has 0 N–H and O–H groups in total. The van der Waals surface area contributed by atoms with Crippen molar-refractivity contribution in [1.82, 2.24) is 8.75 Å². The van der Waals surface area contributed by atoms with Gasteiger partial charge in [0.1, 0.15) is 23.4 Å². The molecule has 0 atom stereocenters. The first-order chi connectivity index (χ1) is 10.3. The van der Waals surface area contributed by atoms with E-state index in [4.69, 9.17) is 10.00 Å². The maximum atomic E-state index is 8.90. The van der Waals surface area contributed by atoms with Crippen molar-refractivity contribution in [2.24, 2.45) is 0 Å². The Morgan fingerprint density at radius 1 is 1.14 bits per heavy atom. The van der Waals surface area contributed by atoms with E-state index in [1.54, 1.807) is 0 Å². The van der Waals surface area contributed by atoms with Gasteiger partial charge in [-0.15, -0.1) is 0 Å². The molecule has 0 spiro atoms. The van der Waals surface area contributed by atoms with Gasteiger partial charge in [0.25, 0.3) is 0 Å². The second kappa shape index (κ2) is 6.20. The van der Waals surface area contributed by atoms with E-state index in [1.165, 1.54) is 11.7 Å². The smallest absolute Gasteiger partial charge is 0.138 e. The normalized spacial score (nSPS) is 10.5. The lowest BCUT2D eigenvalue weighted by Crippen LogP contribution is -2.00. The first kappa shape index (κ1) is 14.0. The van der Waals surface area contributed by atoms with Crippen LogP contribution in [0.1, 0.15) is 11.1 Å². The molecule has 104 valence electrons. The number of rotatable bonds is 4. The van der Waals surface area contributed by atoms with Crippen LogP contribution in [0.2, 0.25) is 0 Å². The number of hydrogen-bond acceptors (Lipinski definition) is 5. The van der Waals surface area contributed by atoms with Crippen LogP contribution in [0.5, 0.6) is 5.75 Å². The van der Waals surface area contributed by atoms with Crippen LogP contribution >= 0.6 is 27.7 Å². The van der Waals surface area contributed by atoms with Crippen molar-refractivity contribution >= 4 is 38.7 Å². The fourth-order valence-corrected chi connectivity index (χ4v) is 3.16. The van der Waals surface area contributed by atoms with Crippen LogP contribution in [-0.4, -0.2) is 8.75 Å². The molecule has 0 saturated carbocycles. The minimum atomic E-state index is 0.317. The topological polar surface area (TPSA) is 58.8 Å². The van der Waals surface area contributed by atoms with Crippen LogP contribution in [0.4, 0.5) is 0 Å². The van der Waals surface area contributed by atoms with Crippen molar-refractivity contribution in [3.05, 3.63) is 52.0 Å². The van der Waals surface area contributed by atoms with Crippen molar-refractivity contribution in [3.63, 3.8) is 0 Å². The molecule has 0 unspecified atom stereocenters. The van der Waals surface area contributed by atoms with E-state index in [1.807, 2.05) is 36.4 Å². The maximum absolute atomic E-state index is 8.90. The van der Waals surface area contributed by atoms with Gasteiger partial charge in [-0.1, -0.05) is 24.3 Å². The van der Waals surface area contributed by atoms with Crippen molar-refractivity contribution in [2.45, 2.75) is 13.0 Å². The predicted octanol–water partition coefficient (Wildman–Crippen LogP) is 4.10. The minimum Gasteiger partial charge on any atom is -0.487 e. The summed E-state index contributed by atoms with van der Waals surface area (Å²) in [6, 6.07) is 13.7. The molecule has 0 radical (unpaired) electrons. The molecular weight excluding hydrogens is 350 g/mol. The standard InChI is InChI=1S/C15H10BrN3OS/c16-12-5-1-3-10(7-8-17)15(12)20-9-11-4-2-6-13-14(11)19-21-18-13/h1-6H,7,9H2. The van der Waals surface area contributed by atoms with Crippen molar-refractivity contribution in [1.29, 1.82) is 5.26 Å². The number of aromatic nitrogens is 2. The van der Waals surface area contributed by atoms with Gasteiger partial charge >= 0.3 is 0 Å². The van der Waals surface area contributed by atoms with Gasteiger partial charge in [-0.3, -0.25) is 0 Å². The molecule has 4 nitrogen and oxygen atoms in total. The Kier molecular flexibility index (Phi) is 4.13. The summed E-state index contributed by atoms with van der Waals surface area (Å²) in [4.78, 5) is 0. The van der Waals surface area contributed by atoms with Gasteiger partial charge in [0.05, 0.1) is 28.7 Å². The van der Waals surface area contributed by atoms with E-state index in [9.17, 15) is 0 Å². The van der Waals surface area contributed by atoms with Gasteiger partial charge in [-0.2, -0.15) is 14.0 Å². The van der Waals surface area contributed by atoms with Crippen LogP contribution < -0.4 is 4.74 Å². The van der Waals surface area contributed by atoms with Crippen molar-refractivity contribution in [2.75, 3.05) is 0 Å². The highest BCUT2D eigenvalue weighted by Crippen LogP contribution is 2.30. The summed E-state index contributed by atoms with van der Waals surface area (Å²) in [6.07, 6.45) is 0.317. The average molecular weight is 360 g/mol. The Hall–Kier alpha value is -1.97. The highest BCUT2D eigenvalue weighted by Gasteiger charge is 2.10. The number of para-hydroxylation sites is 1. The number of ether oxygens (including phenoxy) is 1. The van der Waals surface area contributed by atoms with Gasteiger partial charge < -0.3 is 4.74 Å². The summed E-state index contributed by atoms with van der Waals surface area (Å²) in [7, 11) is 0. The third-order valence-electron chi connectivity index (χ3n) is 3.06. The highest BCUT2D eigenvalue weighted by atomic mass is 79.9. The summed E-state index contributed by atoms with van der Waals surface area (Å²) in [5.74, 6) is 0.708. The molecule has 21 heavy (non-hydrogen) atoms. The quantitative estimate of drug-likeness (QED) is 0.703. The number of halogens is 1. The van der Waals surface area contributed by atoms with Crippen LogP contribution in [0.25, 0.3) is 11.0 Å². The Bertz CT molecular complexity index is 825. The highest BCUT2D eigenvalue weighted by molar-refractivity contribution is 9.10. The van der Waals surface area contributed by atoms with E-state index in [2.05, 4.69) is 30.7 Å². The molecule has 6 heteroatoms. The summed E-state index contributed by atoms with van der Waals surface area (Å²) in [5.41, 5.74) is 3.61. The van der Waals surface area contributed by atoms with Gasteiger partial charge in [-0.05, 0) is 28.1 Å². The minimum absolute atomic E-state index is 0.317. The van der Waals surface area contributed by atoms with Gasteiger partial charge in [0, 0.05) is 11.1 Å². The third kappa shape index (κ3) is 2.89. The van der Waals surface area contributed by atoms with E-state index in [0.717, 1.165) is 26.6 Å². The summed E-state index contributed by atoms with van der Waals surface area (Å²) < 4.78 is 15.3. The van der Waals surface area contributed by atoms with Crippen molar-refractivity contribution < 1.29 is 4.74 Å². The monoisotopic (exact) mass is 359 g/mol. The molecule has 1 heterocycles. The Labute approximate surface area is 134 Å². The van der Waals surface area contributed by atoms with Crippen LogP contribution in [0.15, 0.2) is 40.9 Å². The fourth-order valence-electron chi connectivity index (χ4n) is 2.07. The van der Waals surface area contributed by atoms with E-state index < -0.39 is 0 Å². The Morgan fingerprint density at radius 2 is 1.95 bits per heavy atom. The number of benzene rings is 2. The van der Waals surface area contributed by atoms with Crippen LogP contribution in [-0.2, 0) is 13.0 Å². The molecule has 3 rings (SSSR count). The largest absolute Gasteiger partial charge is 0.487 e. The molecule has 0 amide bonds. The molecule has 2 aromatic carbocycles. The van der Waals surface area contributed by atoms with Crippen LogP contribution in [0.3, 0.4) is 0 Å². The lowest BCUT2D eigenvalue weighted by Gasteiger charge is -2.12. The predicted molar refractivity (Wildman–Crippen MR) is 85.2 cm³/mol. The number of nitriles is 1. The molecule has 0 bridgehead atoms. The maximum Gasteiger partial charge on any atom is 0.138 e. The third-order valence-corrected chi connectivity index (χ3v) is 4.23. The van der Waals surface area contributed by atoms with Gasteiger partial charge in [0.15, 0.2) is 0 Å². The molecule has 3 aromatic rings. The van der Waals surface area contributed by atoms with Gasteiger partial charge in [0.2, 0.25) is 0 Å². The second-order valence-electron chi connectivity index (χ2n) is 4.40. The summed E-state index contributed by atoms with van der Waals surface area (Å²) in [5, 5.41) is 8.90. The van der Waals surface area contributed by atoms with E-state index >= 15 is 0 Å². The lowest BCUT2D eigenvalue weighted by atomic mass is 10.1. The lowest BCUT2D eigenvalue weighted by molar-refractivity contribution is 0.303. The summed E-state index contributed by atoms with van der Waals surface area (Å²) in [6.45, 7) is 0.393. The number of fused-ring (bicyclic) bond motifs is 1. The molecular formula is C15H10BrN3OS. The zero-order chi connectivity index (χ0) is 14.7. The second-order valence-corrected chi connectivity index (χ2v) is 5.78. The first-order valence-corrected chi connectivity index (χ1v) is 7.79. The van der Waals surface area contributed by atoms with E-state index in [-0.39, 0.29) is 0 Å². The summed E-state index contributed by atoms with van der Waals surface area (Å²) >= 11 is 4.67. The molecule has 0 aliphatic heterocycles. The SMILES string of the molecule is N#CCc1cccc(Br)c1OCc1cccc2nsnc12. The van der Waals surface area contributed by atoms with Gasteiger partial charge in [-0.25, -0.2) is 0 Å². The Morgan fingerprint density at radius 3 is 2.81 bits per heavy atom. The zero-order valence-corrected chi connectivity index (χ0v) is 13.3. The molecule has 0 saturated heterocycles. The molecule has 1 aromatic heterocycles. The number of nitrogens with zero attached hydrogens (tertiary/aromatic N) is 3. The molecule has 0 aliphatic carbocycles. The van der Waals surface area contributed by atoms with E-state index in [0.29, 0.717) is 18.8 Å². The fraction of sp³-hybridized carbons (Fsp3) is 0.133. The zero-order valence-electron chi connectivity index (χ0n) is 10.9. The number of hydrogen-bond donors (Lipinski definition) is 0.